The molecule has 0 radical (unpaired) electrons. The normalized spacial score (nSPS) is 13.9. The van der Waals surface area contributed by atoms with Gasteiger partial charge in [0.2, 0.25) is 0 Å². The second kappa shape index (κ2) is 73.2. The Labute approximate surface area is 626 Å². The molecule has 19 heteroatoms. The molecule has 0 aromatic rings. The van der Waals surface area contributed by atoms with Gasteiger partial charge in [0.05, 0.1) is 26.4 Å². The maximum Gasteiger partial charge on any atom is 0.472 e. The second-order valence-corrected chi connectivity index (χ2v) is 34.2. The maximum absolute atomic E-state index is 13.1. The number of rotatable bonds is 81. The van der Waals surface area contributed by atoms with Gasteiger partial charge < -0.3 is 33.8 Å². The molecule has 3 N–H and O–H groups in total. The molecular weight excluding hydrogens is 1330 g/mol. The van der Waals surface area contributed by atoms with Crippen molar-refractivity contribution in [1.82, 2.24) is 0 Å². The zero-order chi connectivity index (χ0) is 75.1. The molecule has 0 fully saturated rings. The molecule has 0 aromatic heterocycles. The fraction of sp³-hybridized carbons (Fsp3) is 0.952. The Morgan fingerprint density at radius 2 is 0.451 bits per heavy atom. The molecule has 0 aliphatic carbocycles. The third-order valence-corrected chi connectivity index (χ3v) is 21.3. The van der Waals surface area contributed by atoms with Crippen LogP contribution in [-0.2, 0) is 65.4 Å². The zero-order valence-corrected chi connectivity index (χ0v) is 68.9. The van der Waals surface area contributed by atoms with Crippen LogP contribution in [0.15, 0.2) is 0 Å². The zero-order valence-electron chi connectivity index (χ0n) is 67.1. The van der Waals surface area contributed by atoms with Gasteiger partial charge in [-0.15, -0.1) is 0 Å². The number of unbranched alkanes of at least 4 members (excludes halogenated alkanes) is 49. The molecule has 0 spiro atoms. The van der Waals surface area contributed by atoms with Crippen LogP contribution in [0.25, 0.3) is 0 Å². The van der Waals surface area contributed by atoms with E-state index in [1.807, 2.05) is 0 Å². The van der Waals surface area contributed by atoms with Gasteiger partial charge in [-0.1, -0.05) is 382 Å². The highest BCUT2D eigenvalue weighted by Gasteiger charge is 2.30. The Morgan fingerprint density at radius 1 is 0.265 bits per heavy atom. The molecule has 102 heavy (non-hydrogen) atoms. The Morgan fingerprint density at radius 3 is 0.667 bits per heavy atom. The predicted octanol–water partition coefficient (Wildman–Crippen LogP) is 24.9. The van der Waals surface area contributed by atoms with Gasteiger partial charge in [-0.3, -0.25) is 37.3 Å². The number of carbonyl (C=O) groups is 4. The summed E-state index contributed by atoms with van der Waals surface area (Å²) in [5.41, 5.74) is 0. The Balaban J connectivity index is 5.25. The van der Waals surface area contributed by atoms with Gasteiger partial charge in [0.1, 0.15) is 19.3 Å². The lowest BCUT2D eigenvalue weighted by Gasteiger charge is -2.21. The fourth-order valence-electron chi connectivity index (χ4n) is 12.8. The molecule has 0 bridgehead atoms. The molecule has 0 saturated heterocycles. The van der Waals surface area contributed by atoms with E-state index in [-0.39, 0.29) is 25.7 Å². The van der Waals surface area contributed by atoms with Crippen molar-refractivity contribution in [2.45, 2.75) is 452 Å². The van der Waals surface area contributed by atoms with Crippen LogP contribution in [0.2, 0.25) is 0 Å². The van der Waals surface area contributed by atoms with Crippen LogP contribution in [0.4, 0.5) is 0 Å². The number of aliphatic hydroxyl groups is 1. The first-order valence-corrected chi connectivity index (χ1v) is 45.8. The first-order chi connectivity index (χ1) is 49.2. The molecule has 606 valence electrons. The number of hydrogen-bond donors (Lipinski definition) is 3. The quantitative estimate of drug-likeness (QED) is 0.0222. The average Bonchev–Trinajstić information content (AvgIpc) is 0.920. The summed E-state index contributed by atoms with van der Waals surface area (Å²) in [6.07, 6.45) is 62.3. The largest absolute Gasteiger partial charge is 0.472 e. The summed E-state index contributed by atoms with van der Waals surface area (Å²) >= 11 is 0. The van der Waals surface area contributed by atoms with Crippen molar-refractivity contribution in [3.05, 3.63) is 0 Å². The minimum absolute atomic E-state index is 0.108. The standard InChI is InChI=1S/C83H162O17P2/c1-8-9-10-11-12-13-26-36-43-50-57-64-80(85)93-70-78(99-82(87)66-59-52-45-38-31-24-18-15-21-28-34-41-48-55-62-75(4)5)72-97-101(89,90)95-68-77(84)69-96-102(91,92)98-73-79(100-83(88)67-60-53-46-39-32-25-19-16-22-29-35-42-49-56-63-76(6)7)71-94-81(86)65-58-51-44-37-30-23-17-14-20-27-33-40-47-54-61-74(2)3/h74-79,84H,8-73H2,1-7H3,(H,89,90)(H,91,92)/t77-,78+,79+/m0/s1. The number of carbonyl (C=O) groups excluding carboxylic acids is 4. The predicted molar refractivity (Wildman–Crippen MR) is 418 cm³/mol. The minimum Gasteiger partial charge on any atom is -0.462 e. The number of aliphatic hydroxyl groups excluding tert-OH is 1. The third kappa shape index (κ3) is 76.3. The summed E-state index contributed by atoms with van der Waals surface area (Å²) in [5, 5.41) is 10.7. The van der Waals surface area contributed by atoms with E-state index in [0.717, 1.165) is 108 Å². The highest BCUT2D eigenvalue weighted by atomic mass is 31.2. The van der Waals surface area contributed by atoms with Crippen LogP contribution >= 0.6 is 15.6 Å². The number of esters is 4. The van der Waals surface area contributed by atoms with Gasteiger partial charge in [-0.25, -0.2) is 9.13 Å². The molecule has 0 rings (SSSR count). The summed E-state index contributed by atoms with van der Waals surface area (Å²) in [6, 6.07) is 0. The van der Waals surface area contributed by atoms with Gasteiger partial charge in [-0.05, 0) is 43.4 Å². The number of phosphoric ester groups is 2. The lowest BCUT2D eigenvalue weighted by Crippen LogP contribution is -2.30. The molecule has 0 amide bonds. The van der Waals surface area contributed by atoms with Crippen molar-refractivity contribution in [1.29, 1.82) is 0 Å². The van der Waals surface area contributed by atoms with E-state index in [9.17, 15) is 43.2 Å². The Hall–Kier alpha value is -1.94. The fourth-order valence-corrected chi connectivity index (χ4v) is 14.4. The van der Waals surface area contributed by atoms with Crippen LogP contribution in [-0.4, -0.2) is 96.7 Å². The van der Waals surface area contributed by atoms with Gasteiger partial charge in [-0.2, -0.15) is 0 Å². The molecule has 0 aliphatic rings. The monoisotopic (exact) mass is 1490 g/mol. The topological polar surface area (TPSA) is 237 Å². The van der Waals surface area contributed by atoms with E-state index in [1.54, 1.807) is 0 Å². The highest BCUT2D eigenvalue weighted by Crippen LogP contribution is 2.45. The summed E-state index contributed by atoms with van der Waals surface area (Å²) in [4.78, 5) is 73.1. The number of ether oxygens (including phenoxy) is 4. The molecular formula is C83H162O17P2. The lowest BCUT2D eigenvalue weighted by molar-refractivity contribution is -0.161. The summed E-state index contributed by atoms with van der Waals surface area (Å²) < 4.78 is 68.8. The van der Waals surface area contributed by atoms with E-state index < -0.39 is 97.5 Å². The van der Waals surface area contributed by atoms with E-state index >= 15 is 0 Å². The van der Waals surface area contributed by atoms with Crippen molar-refractivity contribution in [2.75, 3.05) is 39.6 Å². The lowest BCUT2D eigenvalue weighted by atomic mass is 10.0. The summed E-state index contributed by atoms with van der Waals surface area (Å²) in [5.74, 6) is 0.283. The van der Waals surface area contributed by atoms with Gasteiger partial charge in [0.25, 0.3) is 0 Å². The molecule has 2 unspecified atom stereocenters. The molecule has 5 atom stereocenters. The highest BCUT2D eigenvalue weighted by molar-refractivity contribution is 7.47. The van der Waals surface area contributed by atoms with Gasteiger partial charge >= 0.3 is 39.5 Å². The van der Waals surface area contributed by atoms with Crippen molar-refractivity contribution in [2.24, 2.45) is 17.8 Å². The molecule has 0 saturated carbocycles. The molecule has 17 nitrogen and oxygen atoms in total. The first kappa shape index (κ1) is 100. The summed E-state index contributed by atoms with van der Waals surface area (Å²) in [7, 11) is -9.92. The van der Waals surface area contributed by atoms with E-state index in [4.69, 9.17) is 37.0 Å². The second-order valence-electron chi connectivity index (χ2n) is 31.3. The van der Waals surface area contributed by atoms with Crippen molar-refractivity contribution >= 4 is 39.5 Å². The van der Waals surface area contributed by atoms with E-state index in [0.29, 0.717) is 25.7 Å². The number of hydrogen-bond acceptors (Lipinski definition) is 15. The molecule has 0 aromatic carbocycles. The van der Waals surface area contributed by atoms with Crippen LogP contribution in [0, 0.1) is 17.8 Å². The first-order valence-electron chi connectivity index (χ1n) is 42.8. The van der Waals surface area contributed by atoms with Crippen molar-refractivity contribution < 1.29 is 80.2 Å². The van der Waals surface area contributed by atoms with E-state index in [2.05, 4.69) is 48.5 Å². The summed E-state index contributed by atoms with van der Waals surface area (Å²) in [6.45, 7) is 12.0. The Kier molecular flexibility index (Phi) is 71.8. The smallest absolute Gasteiger partial charge is 0.462 e. The SMILES string of the molecule is CCCCCCCCCCCCCC(=O)OC[C@H](COP(=O)(O)OC[C@H](O)COP(=O)(O)OC[C@@H](COC(=O)CCCCCCCCCCCCCCCCC(C)C)OC(=O)CCCCCCCCCCCCCCCCC(C)C)OC(=O)CCCCCCCCCCCCCCCCC(C)C. The molecule has 0 heterocycles. The third-order valence-electron chi connectivity index (χ3n) is 19.4. The van der Waals surface area contributed by atoms with Crippen molar-refractivity contribution in [3.8, 4) is 0 Å². The van der Waals surface area contributed by atoms with Crippen LogP contribution in [0.5, 0.6) is 0 Å². The number of phosphoric acid groups is 2. The van der Waals surface area contributed by atoms with Gasteiger partial charge in [0, 0.05) is 25.7 Å². The van der Waals surface area contributed by atoms with Crippen LogP contribution in [0.1, 0.15) is 434 Å². The van der Waals surface area contributed by atoms with Gasteiger partial charge in [0.15, 0.2) is 12.2 Å². The Bertz CT molecular complexity index is 1970. The average molecular weight is 1490 g/mol. The maximum atomic E-state index is 13.1. The molecule has 0 aliphatic heterocycles. The van der Waals surface area contributed by atoms with Crippen LogP contribution < -0.4 is 0 Å². The van der Waals surface area contributed by atoms with Crippen molar-refractivity contribution in [3.63, 3.8) is 0 Å². The van der Waals surface area contributed by atoms with Crippen LogP contribution in [0.3, 0.4) is 0 Å². The van der Waals surface area contributed by atoms with E-state index in [1.165, 1.54) is 244 Å². The minimum atomic E-state index is -4.96.